The SMILES string of the molecule is COc1ccccc1-c1nc(CN2CCCCC2C(=O)Nc2cc(F)cc(F)c2)cs1. The first-order valence-electron chi connectivity index (χ1n) is 10.1. The van der Waals surface area contributed by atoms with Gasteiger partial charge in [0.05, 0.1) is 24.4 Å². The Balaban J connectivity index is 1.48. The molecule has 1 fully saturated rings. The number of piperidine rings is 1. The second-order valence-corrected chi connectivity index (χ2v) is 8.33. The fourth-order valence-corrected chi connectivity index (χ4v) is 4.70. The molecule has 1 N–H and O–H groups in total. The average Bonchev–Trinajstić information content (AvgIpc) is 3.21. The van der Waals surface area contributed by atoms with Crippen LogP contribution in [0.4, 0.5) is 14.5 Å². The highest BCUT2D eigenvalue weighted by Crippen LogP contribution is 2.32. The Hall–Kier alpha value is -2.84. The Bertz CT molecular complexity index is 1050. The maximum absolute atomic E-state index is 13.5. The van der Waals surface area contributed by atoms with Crippen molar-refractivity contribution in [1.82, 2.24) is 9.88 Å². The molecule has 1 aliphatic rings. The van der Waals surface area contributed by atoms with Gasteiger partial charge >= 0.3 is 0 Å². The molecule has 2 heterocycles. The highest BCUT2D eigenvalue weighted by Gasteiger charge is 2.29. The van der Waals surface area contributed by atoms with E-state index in [2.05, 4.69) is 10.2 Å². The molecule has 1 aliphatic heterocycles. The van der Waals surface area contributed by atoms with Crippen LogP contribution in [0, 0.1) is 11.6 Å². The lowest BCUT2D eigenvalue weighted by Crippen LogP contribution is -2.46. The van der Waals surface area contributed by atoms with E-state index in [-0.39, 0.29) is 17.6 Å². The minimum Gasteiger partial charge on any atom is -0.496 e. The molecule has 8 heteroatoms. The second kappa shape index (κ2) is 9.53. The summed E-state index contributed by atoms with van der Waals surface area (Å²) >= 11 is 1.53. The van der Waals surface area contributed by atoms with Crippen molar-refractivity contribution in [1.29, 1.82) is 0 Å². The maximum Gasteiger partial charge on any atom is 0.241 e. The molecule has 1 saturated heterocycles. The van der Waals surface area contributed by atoms with Gasteiger partial charge in [-0.15, -0.1) is 11.3 Å². The number of carbonyl (C=O) groups is 1. The lowest BCUT2D eigenvalue weighted by atomic mass is 10.0. The molecule has 31 heavy (non-hydrogen) atoms. The van der Waals surface area contributed by atoms with Gasteiger partial charge < -0.3 is 10.1 Å². The van der Waals surface area contributed by atoms with E-state index in [1.54, 1.807) is 7.11 Å². The van der Waals surface area contributed by atoms with Crippen molar-refractivity contribution in [3.05, 3.63) is 65.2 Å². The highest BCUT2D eigenvalue weighted by atomic mass is 32.1. The van der Waals surface area contributed by atoms with Crippen molar-refractivity contribution in [2.45, 2.75) is 31.8 Å². The molecule has 0 radical (unpaired) electrons. The minimum absolute atomic E-state index is 0.125. The average molecular weight is 444 g/mol. The van der Waals surface area contributed by atoms with Crippen molar-refractivity contribution >= 4 is 22.9 Å². The minimum atomic E-state index is -0.720. The van der Waals surface area contributed by atoms with Crippen molar-refractivity contribution in [2.24, 2.45) is 0 Å². The molecule has 1 aromatic heterocycles. The number of aromatic nitrogens is 1. The number of likely N-dealkylation sites (tertiary alicyclic amines) is 1. The van der Waals surface area contributed by atoms with E-state index in [1.165, 1.54) is 11.3 Å². The number of benzene rings is 2. The summed E-state index contributed by atoms with van der Waals surface area (Å²) < 4.78 is 32.4. The highest BCUT2D eigenvalue weighted by molar-refractivity contribution is 7.13. The summed E-state index contributed by atoms with van der Waals surface area (Å²) in [5, 5.41) is 5.52. The molecular formula is C23H23F2N3O2S. The number of methoxy groups -OCH3 is 1. The molecule has 162 valence electrons. The number of nitrogens with one attached hydrogen (secondary N) is 1. The van der Waals surface area contributed by atoms with Crippen molar-refractivity contribution in [2.75, 3.05) is 19.0 Å². The lowest BCUT2D eigenvalue weighted by Gasteiger charge is -2.34. The quantitative estimate of drug-likeness (QED) is 0.577. The summed E-state index contributed by atoms with van der Waals surface area (Å²) in [7, 11) is 1.63. The molecule has 5 nitrogen and oxygen atoms in total. The van der Waals surface area contributed by atoms with Crippen molar-refractivity contribution in [3.63, 3.8) is 0 Å². The summed E-state index contributed by atoms with van der Waals surface area (Å²) in [4.78, 5) is 19.7. The number of para-hydroxylation sites is 1. The van der Waals surface area contributed by atoms with Gasteiger partial charge in [-0.2, -0.15) is 0 Å². The zero-order chi connectivity index (χ0) is 21.8. The number of hydrogen-bond donors (Lipinski definition) is 1. The van der Waals surface area contributed by atoms with Gasteiger partial charge in [-0.1, -0.05) is 18.6 Å². The van der Waals surface area contributed by atoms with Crippen LogP contribution in [-0.2, 0) is 11.3 Å². The van der Waals surface area contributed by atoms with Gasteiger partial charge in [0.25, 0.3) is 0 Å². The van der Waals surface area contributed by atoms with E-state index in [9.17, 15) is 13.6 Å². The van der Waals surface area contributed by atoms with Crippen LogP contribution in [0.25, 0.3) is 10.6 Å². The first kappa shape index (κ1) is 21.4. The second-order valence-electron chi connectivity index (χ2n) is 7.47. The number of hydrogen-bond acceptors (Lipinski definition) is 5. The topological polar surface area (TPSA) is 54.5 Å². The molecule has 1 atom stereocenters. The number of ether oxygens (including phenoxy) is 1. The molecular weight excluding hydrogens is 420 g/mol. The van der Waals surface area contributed by atoms with Crippen molar-refractivity contribution < 1.29 is 18.3 Å². The number of halogens is 2. The number of amides is 1. The number of anilines is 1. The third-order valence-electron chi connectivity index (χ3n) is 5.30. The van der Waals surface area contributed by atoms with Crippen LogP contribution in [0.15, 0.2) is 47.8 Å². The van der Waals surface area contributed by atoms with Gasteiger partial charge in [-0.05, 0) is 43.7 Å². The largest absolute Gasteiger partial charge is 0.496 e. The molecule has 2 aromatic carbocycles. The summed E-state index contributed by atoms with van der Waals surface area (Å²) in [6, 6.07) is 10.4. The standard InChI is InChI=1S/C23H23F2N3O2S/c1-30-21-8-3-2-6-19(21)23-27-18(14-31-23)13-28-9-5-4-7-20(28)22(29)26-17-11-15(24)10-16(25)12-17/h2-3,6,8,10-12,14,20H,4-5,7,9,13H2,1H3,(H,26,29). The Morgan fingerprint density at radius 3 is 2.77 bits per heavy atom. The van der Waals surface area contributed by atoms with Crippen LogP contribution in [0.2, 0.25) is 0 Å². The smallest absolute Gasteiger partial charge is 0.241 e. The zero-order valence-corrected chi connectivity index (χ0v) is 17.9. The zero-order valence-electron chi connectivity index (χ0n) is 17.1. The Labute approximate surface area is 183 Å². The van der Waals surface area contributed by atoms with E-state index in [0.29, 0.717) is 13.0 Å². The van der Waals surface area contributed by atoms with Crippen LogP contribution in [0.1, 0.15) is 25.0 Å². The molecule has 1 unspecified atom stereocenters. The molecule has 0 aliphatic carbocycles. The van der Waals surface area contributed by atoms with Crippen LogP contribution in [-0.4, -0.2) is 35.5 Å². The lowest BCUT2D eigenvalue weighted by molar-refractivity contribution is -0.122. The maximum atomic E-state index is 13.5. The predicted molar refractivity (Wildman–Crippen MR) is 117 cm³/mol. The third-order valence-corrected chi connectivity index (χ3v) is 6.23. The molecule has 0 saturated carbocycles. The van der Waals surface area contributed by atoms with Gasteiger partial charge in [0.1, 0.15) is 22.4 Å². The number of nitrogens with zero attached hydrogens (tertiary/aromatic N) is 2. The first-order chi connectivity index (χ1) is 15.0. The Morgan fingerprint density at radius 1 is 1.23 bits per heavy atom. The fourth-order valence-electron chi connectivity index (χ4n) is 3.86. The van der Waals surface area contributed by atoms with Gasteiger partial charge in [-0.3, -0.25) is 9.69 Å². The number of carbonyl (C=O) groups excluding carboxylic acids is 1. The van der Waals surface area contributed by atoms with E-state index < -0.39 is 11.6 Å². The van der Waals surface area contributed by atoms with E-state index in [0.717, 1.165) is 59.6 Å². The van der Waals surface area contributed by atoms with Crippen LogP contribution < -0.4 is 10.1 Å². The van der Waals surface area contributed by atoms with E-state index >= 15 is 0 Å². The van der Waals surface area contributed by atoms with Crippen LogP contribution in [0.5, 0.6) is 5.75 Å². The fraction of sp³-hybridized carbons (Fsp3) is 0.304. The molecule has 3 aromatic rings. The monoisotopic (exact) mass is 443 g/mol. The van der Waals surface area contributed by atoms with Crippen molar-refractivity contribution in [3.8, 4) is 16.3 Å². The number of rotatable bonds is 6. The van der Waals surface area contributed by atoms with Gasteiger partial charge in [0.2, 0.25) is 5.91 Å². The normalized spacial score (nSPS) is 16.8. The van der Waals surface area contributed by atoms with Crippen LogP contribution in [0.3, 0.4) is 0 Å². The van der Waals surface area contributed by atoms with E-state index in [1.807, 2.05) is 29.6 Å². The summed E-state index contributed by atoms with van der Waals surface area (Å²) in [5.41, 5.74) is 1.94. The molecule has 0 spiro atoms. The Kier molecular flexibility index (Phi) is 6.58. The van der Waals surface area contributed by atoms with E-state index in [4.69, 9.17) is 9.72 Å². The van der Waals surface area contributed by atoms with Crippen LogP contribution >= 0.6 is 11.3 Å². The summed E-state index contributed by atoms with van der Waals surface area (Å²) in [5.74, 6) is -0.935. The van der Waals surface area contributed by atoms with Gasteiger partial charge in [0.15, 0.2) is 0 Å². The number of thiazole rings is 1. The Morgan fingerprint density at radius 2 is 2.00 bits per heavy atom. The predicted octanol–water partition coefficient (Wildman–Crippen LogP) is 5.09. The molecule has 4 rings (SSSR count). The first-order valence-corrected chi connectivity index (χ1v) is 11.0. The molecule has 0 bridgehead atoms. The third kappa shape index (κ3) is 5.08. The van der Waals surface area contributed by atoms with Gasteiger partial charge in [-0.25, -0.2) is 13.8 Å². The van der Waals surface area contributed by atoms with Gasteiger partial charge in [0, 0.05) is 23.7 Å². The summed E-state index contributed by atoms with van der Waals surface area (Å²) in [6.45, 7) is 1.29. The summed E-state index contributed by atoms with van der Waals surface area (Å²) in [6.07, 6.45) is 2.60. The molecule has 1 amide bonds.